The molecule has 1 atom stereocenters. The third-order valence-electron chi connectivity index (χ3n) is 5.77. The Bertz CT molecular complexity index is 1270. The van der Waals surface area contributed by atoms with Crippen LogP contribution in [0.25, 0.3) is 17.0 Å². The number of benzene rings is 2. The van der Waals surface area contributed by atoms with Crippen molar-refractivity contribution in [3.05, 3.63) is 70.8 Å². The number of alkyl halides is 2. The van der Waals surface area contributed by atoms with Gasteiger partial charge >= 0.3 is 5.97 Å². The average molecular weight is 549 g/mol. The summed E-state index contributed by atoms with van der Waals surface area (Å²) in [7, 11) is 0. The molecule has 1 fully saturated rings. The first-order valence-corrected chi connectivity index (χ1v) is 13.2. The van der Waals surface area contributed by atoms with Gasteiger partial charge in [0.05, 0.1) is 4.91 Å². The van der Waals surface area contributed by atoms with E-state index in [2.05, 4.69) is 9.88 Å². The number of para-hydroxylation sites is 1. The first kappa shape index (κ1) is 25.6. The molecule has 1 aliphatic rings. The molecule has 0 bridgehead atoms. The topological polar surface area (TPSA) is 76.6 Å². The summed E-state index contributed by atoms with van der Waals surface area (Å²) in [5.41, 5.74) is 3.53. The number of rotatable bonds is 10. The first-order chi connectivity index (χ1) is 16.9. The number of fused-ring (bicyclic) bond motifs is 1. The van der Waals surface area contributed by atoms with Gasteiger partial charge in [0, 0.05) is 54.1 Å². The lowest BCUT2D eigenvalue weighted by molar-refractivity contribution is -0.145. The van der Waals surface area contributed by atoms with E-state index < -0.39 is 17.9 Å². The summed E-state index contributed by atoms with van der Waals surface area (Å²) in [4.78, 5) is 32.3. The second kappa shape index (κ2) is 11.5. The van der Waals surface area contributed by atoms with Gasteiger partial charge in [-0.1, -0.05) is 54.3 Å². The Balaban J connectivity index is 1.55. The lowest BCUT2D eigenvalue weighted by Gasteiger charge is -2.23. The molecule has 1 aromatic heterocycles. The molecule has 2 aromatic carbocycles. The predicted molar refractivity (Wildman–Crippen MR) is 149 cm³/mol. The minimum absolute atomic E-state index is 0.144. The highest BCUT2D eigenvalue weighted by atomic mass is 35.5. The number of aromatic amines is 1. The number of nitrogens with one attached hydrogen (secondary N) is 1. The van der Waals surface area contributed by atoms with Gasteiger partial charge < -0.3 is 15.0 Å². The Morgan fingerprint density at radius 2 is 1.83 bits per heavy atom. The molecule has 4 rings (SSSR count). The second-order valence-corrected chi connectivity index (χ2v) is 10.4. The zero-order chi connectivity index (χ0) is 24.9. The van der Waals surface area contributed by atoms with Crippen LogP contribution in [0, 0.1) is 0 Å². The van der Waals surface area contributed by atoms with E-state index in [4.69, 9.17) is 35.4 Å². The van der Waals surface area contributed by atoms with Crippen LogP contribution in [0.5, 0.6) is 0 Å². The van der Waals surface area contributed by atoms with Crippen LogP contribution in [0.2, 0.25) is 0 Å². The number of thiocarbonyl (C=S) groups is 1. The average Bonchev–Trinajstić information content (AvgIpc) is 3.38. The first-order valence-electron chi connectivity index (χ1n) is 10.9. The summed E-state index contributed by atoms with van der Waals surface area (Å²) in [5.74, 6) is -0.521. The van der Waals surface area contributed by atoms with E-state index in [1.54, 1.807) is 12.3 Å². The van der Waals surface area contributed by atoms with Crippen molar-refractivity contribution in [1.29, 1.82) is 0 Å². The largest absolute Gasteiger partial charge is 0.480 e. The monoisotopic (exact) mass is 547 g/mol. The Morgan fingerprint density at radius 1 is 1.14 bits per heavy atom. The number of aromatic nitrogens is 1. The highest BCUT2D eigenvalue weighted by Gasteiger charge is 2.40. The maximum Gasteiger partial charge on any atom is 0.327 e. The molecule has 35 heavy (non-hydrogen) atoms. The molecule has 3 aromatic rings. The molecule has 182 valence electrons. The number of hydrogen-bond acceptors (Lipinski definition) is 5. The van der Waals surface area contributed by atoms with E-state index >= 15 is 0 Å². The fourth-order valence-electron chi connectivity index (χ4n) is 4.05. The van der Waals surface area contributed by atoms with Crippen LogP contribution in [0.1, 0.15) is 11.1 Å². The number of hydrogen-bond donors (Lipinski definition) is 2. The van der Waals surface area contributed by atoms with Crippen molar-refractivity contribution in [2.75, 3.05) is 29.7 Å². The highest BCUT2D eigenvalue weighted by Crippen LogP contribution is 2.35. The van der Waals surface area contributed by atoms with Crippen molar-refractivity contribution < 1.29 is 14.7 Å². The van der Waals surface area contributed by atoms with Crippen molar-refractivity contribution in [3.63, 3.8) is 0 Å². The second-order valence-electron chi connectivity index (χ2n) is 7.93. The molecular formula is C25H23Cl2N3O3S2. The van der Waals surface area contributed by atoms with Gasteiger partial charge in [-0.15, -0.1) is 23.2 Å². The van der Waals surface area contributed by atoms with Crippen molar-refractivity contribution in [2.24, 2.45) is 0 Å². The number of amides is 1. The summed E-state index contributed by atoms with van der Waals surface area (Å²) < 4.78 is 0.237. The molecule has 0 aliphatic carbocycles. The molecule has 6 nitrogen and oxygen atoms in total. The van der Waals surface area contributed by atoms with Gasteiger partial charge in [-0.25, -0.2) is 4.79 Å². The third kappa shape index (κ3) is 5.67. The van der Waals surface area contributed by atoms with Crippen molar-refractivity contribution in [1.82, 2.24) is 9.88 Å². The number of thioether (sulfide) groups is 1. The van der Waals surface area contributed by atoms with Crippen LogP contribution in [-0.4, -0.2) is 62.1 Å². The number of H-pyrrole nitrogens is 1. The fourth-order valence-corrected chi connectivity index (χ4v) is 5.82. The molecule has 0 spiro atoms. The van der Waals surface area contributed by atoms with Crippen molar-refractivity contribution in [3.8, 4) is 0 Å². The summed E-state index contributed by atoms with van der Waals surface area (Å²) in [5, 5.41) is 10.9. The quantitative estimate of drug-likeness (QED) is 0.202. The number of carbonyl (C=O) groups excluding carboxylic acids is 1. The van der Waals surface area contributed by atoms with Crippen LogP contribution in [-0.2, 0) is 16.0 Å². The maximum absolute atomic E-state index is 13.2. The molecule has 2 heterocycles. The number of carbonyl (C=O) groups is 2. The Morgan fingerprint density at radius 3 is 2.49 bits per heavy atom. The third-order valence-corrected chi connectivity index (χ3v) is 7.44. The zero-order valence-corrected chi connectivity index (χ0v) is 21.8. The van der Waals surface area contributed by atoms with Crippen LogP contribution >= 0.6 is 47.2 Å². The Kier molecular flexibility index (Phi) is 8.38. The minimum Gasteiger partial charge on any atom is -0.480 e. The minimum atomic E-state index is -1.10. The van der Waals surface area contributed by atoms with Crippen molar-refractivity contribution in [2.45, 2.75) is 12.5 Å². The van der Waals surface area contributed by atoms with Gasteiger partial charge in [0.15, 0.2) is 0 Å². The molecule has 0 unspecified atom stereocenters. The van der Waals surface area contributed by atoms with Gasteiger partial charge in [-0.05, 0) is 35.4 Å². The van der Waals surface area contributed by atoms with E-state index in [-0.39, 0.29) is 10.7 Å². The summed E-state index contributed by atoms with van der Waals surface area (Å²) >= 11 is 18.3. The van der Waals surface area contributed by atoms with Gasteiger partial charge in [0.25, 0.3) is 5.91 Å². The highest BCUT2D eigenvalue weighted by molar-refractivity contribution is 8.26. The SMILES string of the molecule is O=C(O)[C@@H](Cc1c[nH]c2ccccc12)N1C(=O)/C(=C/c2ccc(N(CCCl)CCCl)cc2)SC1=S. The van der Waals surface area contributed by atoms with Crippen LogP contribution in [0.15, 0.2) is 59.6 Å². The molecule has 0 radical (unpaired) electrons. The normalized spacial score (nSPS) is 15.8. The van der Waals surface area contributed by atoms with Crippen LogP contribution in [0.3, 0.4) is 0 Å². The van der Waals surface area contributed by atoms with E-state index in [0.29, 0.717) is 29.8 Å². The molecule has 1 saturated heterocycles. The number of carboxylic acid groups (broad SMARTS) is 1. The number of aliphatic carboxylic acids is 1. The van der Waals surface area contributed by atoms with E-state index in [1.165, 1.54) is 4.90 Å². The summed E-state index contributed by atoms with van der Waals surface area (Å²) in [6.07, 6.45) is 3.67. The molecule has 1 amide bonds. The smallest absolute Gasteiger partial charge is 0.327 e. The Hall–Kier alpha value is -2.52. The lowest BCUT2D eigenvalue weighted by atomic mass is 10.0. The molecule has 2 N–H and O–H groups in total. The van der Waals surface area contributed by atoms with Gasteiger partial charge in [0.1, 0.15) is 10.4 Å². The van der Waals surface area contributed by atoms with Gasteiger partial charge in [0.2, 0.25) is 0 Å². The summed E-state index contributed by atoms with van der Waals surface area (Å²) in [6.45, 7) is 1.36. The number of nitrogens with zero attached hydrogens (tertiary/aromatic N) is 2. The number of halogens is 2. The lowest BCUT2D eigenvalue weighted by Crippen LogP contribution is -2.45. The van der Waals surface area contributed by atoms with Crippen LogP contribution in [0.4, 0.5) is 5.69 Å². The standard InChI is InChI=1S/C25H23Cl2N3O3S2/c26-9-11-29(12-10-27)18-7-5-16(6-8-18)13-22-23(31)30(25(34)35-22)21(24(32)33)14-17-15-28-20-4-2-1-3-19(17)20/h1-8,13,15,21,28H,9-12,14H2,(H,32,33)/b22-13-/t21-/m1/s1. The van der Waals surface area contributed by atoms with Crippen molar-refractivity contribution >= 4 is 86.0 Å². The Labute approximate surface area is 222 Å². The summed E-state index contributed by atoms with van der Waals surface area (Å²) in [6, 6.07) is 14.2. The molecular weight excluding hydrogens is 525 g/mol. The molecule has 10 heteroatoms. The molecule has 0 saturated carbocycles. The van der Waals surface area contributed by atoms with Gasteiger partial charge in [-0.3, -0.25) is 9.69 Å². The van der Waals surface area contributed by atoms with Crippen LogP contribution < -0.4 is 4.90 Å². The molecule has 1 aliphatic heterocycles. The number of carboxylic acids is 1. The van der Waals surface area contributed by atoms with Gasteiger partial charge in [-0.2, -0.15) is 0 Å². The zero-order valence-electron chi connectivity index (χ0n) is 18.6. The van der Waals surface area contributed by atoms with E-state index in [1.807, 2.05) is 48.5 Å². The van der Waals surface area contributed by atoms with E-state index in [0.717, 1.165) is 39.5 Å². The van der Waals surface area contributed by atoms with E-state index in [9.17, 15) is 14.7 Å². The maximum atomic E-state index is 13.2. The number of anilines is 1. The predicted octanol–water partition coefficient (Wildman–Crippen LogP) is 5.35. The fraction of sp³-hybridized carbons (Fsp3) is 0.240.